The van der Waals surface area contributed by atoms with Gasteiger partial charge in [-0.3, -0.25) is 4.79 Å². The molecule has 2 aromatic rings. The van der Waals surface area contributed by atoms with Crippen molar-refractivity contribution in [1.82, 2.24) is 0 Å². The lowest BCUT2D eigenvalue weighted by molar-refractivity contribution is -0.147. The summed E-state index contributed by atoms with van der Waals surface area (Å²) in [6.07, 6.45) is 0.895. The fourth-order valence-corrected chi connectivity index (χ4v) is 2.35. The van der Waals surface area contributed by atoms with Crippen molar-refractivity contribution in [3.8, 4) is 5.75 Å². The summed E-state index contributed by atoms with van der Waals surface area (Å²) in [5, 5.41) is 0. The van der Waals surface area contributed by atoms with Crippen LogP contribution in [0.25, 0.3) is 0 Å². The molecule has 26 heavy (non-hydrogen) atoms. The van der Waals surface area contributed by atoms with Gasteiger partial charge in [0.25, 0.3) is 0 Å². The summed E-state index contributed by atoms with van der Waals surface area (Å²) in [4.78, 5) is 11.9. The summed E-state index contributed by atoms with van der Waals surface area (Å²) < 4.78 is 16.1. The predicted octanol–water partition coefficient (Wildman–Crippen LogP) is 3.43. The van der Waals surface area contributed by atoms with E-state index >= 15 is 0 Å². The zero-order valence-corrected chi connectivity index (χ0v) is 15.5. The SMILES string of the molecule is C=CCOC(=O)[C@@H](N)[C@@H](OC)c1ccc(OCc2ccccc2)cc1.Cl. The Morgan fingerprint density at radius 3 is 2.38 bits per heavy atom. The number of carbonyl (C=O) groups excluding carboxylic acids is 1. The first-order valence-corrected chi connectivity index (χ1v) is 7.98. The normalized spacial score (nSPS) is 12.4. The van der Waals surface area contributed by atoms with Crippen molar-refractivity contribution < 1.29 is 19.0 Å². The molecule has 0 radical (unpaired) electrons. The highest BCUT2D eigenvalue weighted by Crippen LogP contribution is 2.23. The molecule has 2 rings (SSSR count). The van der Waals surface area contributed by atoms with Gasteiger partial charge in [-0.25, -0.2) is 0 Å². The Labute approximate surface area is 160 Å². The van der Waals surface area contributed by atoms with Gasteiger partial charge in [0, 0.05) is 7.11 Å². The second-order valence-corrected chi connectivity index (χ2v) is 5.44. The summed E-state index contributed by atoms with van der Waals surface area (Å²) in [7, 11) is 1.51. The molecule has 0 aliphatic rings. The third-order valence-electron chi connectivity index (χ3n) is 3.65. The molecule has 0 aliphatic heterocycles. The van der Waals surface area contributed by atoms with Crippen LogP contribution in [0.2, 0.25) is 0 Å². The van der Waals surface area contributed by atoms with E-state index in [9.17, 15) is 4.79 Å². The molecule has 0 fully saturated rings. The topological polar surface area (TPSA) is 70.8 Å². The van der Waals surface area contributed by atoms with Crippen LogP contribution in [0.4, 0.5) is 0 Å². The lowest BCUT2D eigenvalue weighted by Gasteiger charge is -2.21. The molecule has 5 nitrogen and oxygen atoms in total. The molecule has 2 N–H and O–H groups in total. The van der Waals surface area contributed by atoms with Gasteiger partial charge in [0.1, 0.15) is 31.1 Å². The highest BCUT2D eigenvalue weighted by atomic mass is 35.5. The third kappa shape index (κ3) is 6.19. The van der Waals surface area contributed by atoms with Crippen molar-refractivity contribution in [3.63, 3.8) is 0 Å². The molecule has 0 heterocycles. The van der Waals surface area contributed by atoms with E-state index in [1.54, 1.807) is 0 Å². The van der Waals surface area contributed by atoms with E-state index in [0.29, 0.717) is 6.61 Å². The van der Waals surface area contributed by atoms with Crippen molar-refractivity contribution in [3.05, 3.63) is 78.4 Å². The van der Waals surface area contributed by atoms with Gasteiger partial charge < -0.3 is 19.9 Å². The number of rotatable bonds is 9. The van der Waals surface area contributed by atoms with Crippen LogP contribution in [0.5, 0.6) is 5.75 Å². The van der Waals surface area contributed by atoms with Crippen molar-refractivity contribution in [2.24, 2.45) is 5.73 Å². The average Bonchev–Trinajstić information content (AvgIpc) is 2.66. The standard InChI is InChI=1S/C20H23NO4.ClH/c1-3-13-24-20(22)18(21)19(23-2)16-9-11-17(12-10-16)25-14-15-7-5-4-6-8-15;/h3-12,18-19H,1,13-14,21H2,2H3;1H/t18-,19-;/m0./s1. The van der Waals surface area contributed by atoms with Crippen molar-refractivity contribution in [2.45, 2.75) is 18.8 Å². The molecule has 2 atom stereocenters. The van der Waals surface area contributed by atoms with E-state index in [1.165, 1.54) is 13.2 Å². The highest BCUT2D eigenvalue weighted by molar-refractivity contribution is 5.85. The molecule has 0 bridgehead atoms. The van der Waals surface area contributed by atoms with E-state index in [-0.39, 0.29) is 19.0 Å². The lowest BCUT2D eigenvalue weighted by atomic mass is 10.0. The van der Waals surface area contributed by atoms with Gasteiger partial charge in [-0.1, -0.05) is 55.1 Å². The average molecular weight is 378 g/mol. The lowest BCUT2D eigenvalue weighted by Crippen LogP contribution is -2.39. The van der Waals surface area contributed by atoms with Gasteiger partial charge in [-0.05, 0) is 23.3 Å². The van der Waals surface area contributed by atoms with E-state index in [0.717, 1.165) is 16.9 Å². The molecular weight excluding hydrogens is 354 g/mol. The molecule has 6 heteroatoms. The first-order chi connectivity index (χ1) is 12.2. The van der Waals surface area contributed by atoms with E-state index in [1.807, 2.05) is 54.6 Å². The number of hydrogen-bond donors (Lipinski definition) is 1. The molecule has 0 spiro atoms. The van der Waals surface area contributed by atoms with Gasteiger partial charge in [0.15, 0.2) is 0 Å². The highest BCUT2D eigenvalue weighted by Gasteiger charge is 2.27. The molecule has 140 valence electrons. The quantitative estimate of drug-likeness (QED) is 0.535. The smallest absolute Gasteiger partial charge is 0.326 e. The van der Waals surface area contributed by atoms with Crippen LogP contribution in [0.15, 0.2) is 67.3 Å². The van der Waals surface area contributed by atoms with Crippen LogP contribution in [0, 0.1) is 0 Å². The molecule has 0 saturated heterocycles. The van der Waals surface area contributed by atoms with Crippen molar-refractivity contribution in [1.29, 1.82) is 0 Å². The molecule has 0 amide bonds. The maximum Gasteiger partial charge on any atom is 0.326 e. The van der Waals surface area contributed by atoms with E-state index < -0.39 is 18.1 Å². The summed E-state index contributed by atoms with van der Waals surface area (Å²) in [6.45, 7) is 4.11. The minimum atomic E-state index is -0.916. The van der Waals surface area contributed by atoms with Gasteiger partial charge in [-0.2, -0.15) is 0 Å². The molecule has 0 unspecified atom stereocenters. The third-order valence-corrected chi connectivity index (χ3v) is 3.65. The Balaban J connectivity index is 0.00000338. The van der Waals surface area contributed by atoms with Gasteiger partial charge >= 0.3 is 5.97 Å². The number of ether oxygens (including phenoxy) is 3. The van der Waals surface area contributed by atoms with Crippen LogP contribution in [0.1, 0.15) is 17.2 Å². The first kappa shape index (κ1) is 21.7. The summed E-state index contributed by atoms with van der Waals surface area (Å²) in [6, 6.07) is 16.3. The van der Waals surface area contributed by atoms with Crippen LogP contribution in [-0.2, 0) is 20.9 Å². The predicted molar refractivity (Wildman–Crippen MR) is 103 cm³/mol. The fraction of sp³-hybridized carbons (Fsp3) is 0.250. The molecule has 0 saturated carbocycles. The number of nitrogens with two attached hydrogens (primary N) is 1. The molecule has 0 aliphatic carbocycles. The number of benzene rings is 2. The Hall–Kier alpha value is -2.34. The Kier molecular flexibility index (Phi) is 9.44. The van der Waals surface area contributed by atoms with Crippen LogP contribution in [-0.4, -0.2) is 25.7 Å². The second kappa shape index (κ2) is 11.3. The van der Waals surface area contributed by atoms with Gasteiger partial charge in [-0.15, -0.1) is 12.4 Å². The Bertz CT molecular complexity index is 676. The summed E-state index contributed by atoms with van der Waals surface area (Å²) in [5.41, 5.74) is 7.82. The van der Waals surface area contributed by atoms with E-state index in [2.05, 4.69) is 6.58 Å². The number of hydrogen-bond acceptors (Lipinski definition) is 5. The number of methoxy groups -OCH3 is 1. The second-order valence-electron chi connectivity index (χ2n) is 5.44. The van der Waals surface area contributed by atoms with Gasteiger partial charge in [0.05, 0.1) is 0 Å². The zero-order chi connectivity index (χ0) is 18.1. The molecule has 2 aromatic carbocycles. The van der Waals surface area contributed by atoms with Crippen LogP contribution in [0.3, 0.4) is 0 Å². The van der Waals surface area contributed by atoms with Crippen LogP contribution >= 0.6 is 12.4 Å². The summed E-state index contributed by atoms with van der Waals surface area (Å²) in [5.74, 6) is 0.196. The first-order valence-electron chi connectivity index (χ1n) is 7.98. The summed E-state index contributed by atoms with van der Waals surface area (Å²) >= 11 is 0. The molecular formula is C20H24ClNO4. The largest absolute Gasteiger partial charge is 0.489 e. The zero-order valence-electron chi connectivity index (χ0n) is 14.7. The number of carbonyl (C=O) groups is 1. The Morgan fingerprint density at radius 1 is 1.15 bits per heavy atom. The minimum absolute atomic E-state index is 0. The minimum Gasteiger partial charge on any atom is -0.489 e. The van der Waals surface area contributed by atoms with Crippen molar-refractivity contribution in [2.75, 3.05) is 13.7 Å². The number of halogens is 1. The fourth-order valence-electron chi connectivity index (χ4n) is 2.35. The monoisotopic (exact) mass is 377 g/mol. The maximum absolute atomic E-state index is 11.9. The number of esters is 1. The van der Waals surface area contributed by atoms with Gasteiger partial charge in [0.2, 0.25) is 0 Å². The molecule has 0 aromatic heterocycles. The maximum atomic E-state index is 11.9. The van der Waals surface area contributed by atoms with E-state index in [4.69, 9.17) is 19.9 Å². The van der Waals surface area contributed by atoms with Crippen LogP contribution < -0.4 is 10.5 Å². The Morgan fingerprint density at radius 2 is 1.81 bits per heavy atom. The van der Waals surface area contributed by atoms with Crippen molar-refractivity contribution >= 4 is 18.4 Å².